The van der Waals surface area contributed by atoms with Crippen LogP contribution in [0.3, 0.4) is 0 Å². The van der Waals surface area contributed by atoms with Crippen molar-refractivity contribution in [2.45, 2.75) is 6.42 Å². The number of carbonyl (C=O) groups is 1. The van der Waals surface area contributed by atoms with E-state index in [2.05, 4.69) is 14.9 Å². The van der Waals surface area contributed by atoms with Gasteiger partial charge in [0.2, 0.25) is 0 Å². The summed E-state index contributed by atoms with van der Waals surface area (Å²) in [5.41, 5.74) is 2.01. The van der Waals surface area contributed by atoms with Crippen molar-refractivity contribution in [3.8, 4) is 0 Å². The highest BCUT2D eigenvalue weighted by atomic mass is 16.5. The zero-order chi connectivity index (χ0) is 11.5. The minimum absolute atomic E-state index is 0.179. The first kappa shape index (κ1) is 10.4. The molecule has 0 atom stereocenters. The van der Waals surface area contributed by atoms with E-state index in [0.717, 1.165) is 16.5 Å². The second-order valence-corrected chi connectivity index (χ2v) is 3.39. The van der Waals surface area contributed by atoms with Gasteiger partial charge in [-0.15, -0.1) is 4.91 Å². The number of H-pyrrole nitrogens is 1. The number of nitrogens with zero attached hydrogens (tertiary/aromatic N) is 1. The van der Waals surface area contributed by atoms with Crippen molar-refractivity contribution < 1.29 is 9.53 Å². The van der Waals surface area contributed by atoms with Gasteiger partial charge >= 0.3 is 5.97 Å². The molecule has 5 nitrogen and oxygen atoms in total. The molecule has 2 rings (SSSR count). The quantitative estimate of drug-likeness (QED) is 0.634. The molecule has 0 radical (unpaired) electrons. The van der Waals surface area contributed by atoms with Gasteiger partial charge in [0.25, 0.3) is 0 Å². The van der Waals surface area contributed by atoms with Crippen LogP contribution < -0.4 is 0 Å². The maximum absolute atomic E-state index is 11.2. The van der Waals surface area contributed by atoms with Crippen LogP contribution in [0, 0.1) is 4.91 Å². The van der Waals surface area contributed by atoms with E-state index in [0.29, 0.717) is 5.69 Å². The molecule has 1 N–H and O–H groups in total. The molecule has 0 aliphatic carbocycles. The number of nitrogens with one attached hydrogen (secondary N) is 1. The molecule has 0 saturated heterocycles. The van der Waals surface area contributed by atoms with Crippen LogP contribution in [-0.4, -0.2) is 18.1 Å². The number of benzene rings is 1. The van der Waals surface area contributed by atoms with E-state index in [1.54, 1.807) is 24.4 Å². The number of rotatable bonds is 3. The lowest BCUT2D eigenvalue weighted by atomic mass is 10.1. The van der Waals surface area contributed by atoms with E-state index in [-0.39, 0.29) is 12.4 Å². The first-order valence-electron chi connectivity index (χ1n) is 4.75. The van der Waals surface area contributed by atoms with Gasteiger partial charge < -0.3 is 9.72 Å². The molecular weight excluding hydrogens is 208 g/mol. The van der Waals surface area contributed by atoms with E-state index in [1.165, 1.54) is 7.11 Å². The first-order chi connectivity index (χ1) is 7.74. The normalized spacial score (nSPS) is 10.3. The summed E-state index contributed by atoms with van der Waals surface area (Å²) in [5.74, 6) is -0.314. The predicted octanol–water partition coefficient (Wildman–Crippen LogP) is 2.28. The van der Waals surface area contributed by atoms with Crippen molar-refractivity contribution in [3.63, 3.8) is 0 Å². The van der Waals surface area contributed by atoms with Crippen LogP contribution in [0.4, 0.5) is 5.69 Å². The molecule has 0 aliphatic heterocycles. The number of aromatic amines is 1. The standard InChI is InChI=1S/C11H10N2O3/c1-16-11(14)4-7-6-12-10-3-2-8(13-15)5-9(7)10/h2-3,5-6,12H,4H2,1H3. The van der Waals surface area contributed by atoms with Gasteiger partial charge in [-0.05, 0) is 28.9 Å². The van der Waals surface area contributed by atoms with Gasteiger partial charge in [0.05, 0.1) is 13.5 Å². The Morgan fingerprint density at radius 1 is 1.50 bits per heavy atom. The molecule has 0 fully saturated rings. The third kappa shape index (κ3) is 1.79. The minimum Gasteiger partial charge on any atom is -0.469 e. The number of hydrogen-bond acceptors (Lipinski definition) is 4. The summed E-state index contributed by atoms with van der Waals surface area (Å²) in [6.07, 6.45) is 1.91. The molecule has 1 heterocycles. The number of hydrogen-bond donors (Lipinski definition) is 1. The zero-order valence-electron chi connectivity index (χ0n) is 8.69. The molecule has 0 spiro atoms. The predicted molar refractivity (Wildman–Crippen MR) is 59.5 cm³/mol. The van der Waals surface area contributed by atoms with Gasteiger partial charge in [0.15, 0.2) is 0 Å². The third-order valence-corrected chi connectivity index (χ3v) is 2.42. The highest BCUT2D eigenvalue weighted by Gasteiger charge is 2.09. The fourth-order valence-electron chi connectivity index (χ4n) is 1.60. The Bertz CT molecular complexity index is 545. The number of methoxy groups -OCH3 is 1. The summed E-state index contributed by atoms with van der Waals surface area (Å²) in [7, 11) is 1.34. The summed E-state index contributed by atoms with van der Waals surface area (Å²) < 4.78 is 4.59. The molecule has 1 aromatic heterocycles. The lowest BCUT2D eigenvalue weighted by molar-refractivity contribution is -0.139. The first-order valence-corrected chi connectivity index (χ1v) is 4.75. The average molecular weight is 218 g/mol. The molecule has 2 aromatic rings. The van der Waals surface area contributed by atoms with Crippen LogP contribution in [0.1, 0.15) is 5.56 Å². The Kier molecular flexibility index (Phi) is 2.68. The van der Waals surface area contributed by atoms with Gasteiger partial charge in [-0.3, -0.25) is 4.79 Å². The highest BCUT2D eigenvalue weighted by molar-refractivity contribution is 5.89. The van der Waals surface area contributed by atoms with E-state index >= 15 is 0 Å². The number of nitroso groups, excluding NO2 is 1. The van der Waals surface area contributed by atoms with Gasteiger partial charge in [-0.2, -0.15) is 0 Å². The van der Waals surface area contributed by atoms with Crippen molar-refractivity contribution >= 4 is 22.6 Å². The largest absolute Gasteiger partial charge is 0.469 e. The molecule has 0 aliphatic rings. The topological polar surface area (TPSA) is 71.5 Å². The number of esters is 1. The fraction of sp³-hybridized carbons (Fsp3) is 0.182. The molecular formula is C11H10N2O3. The number of ether oxygens (including phenoxy) is 1. The molecule has 0 saturated carbocycles. The summed E-state index contributed by atoms with van der Waals surface area (Å²) in [6, 6.07) is 5.03. The molecule has 16 heavy (non-hydrogen) atoms. The Morgan fingerprint density at radius 2 is 2.31 bits per heavy atom. The van der Waals surface area contributed by atoms with Gasteiger partial charge in [0, 0.05) is 17.1 Å². The minimum atomic E-state index is -0.314. The van der Waals surface area contributed by atoms with Crippen LogP contribution in [0.15, 0.2) is 29.6 Å². The highest BCUT2D eigenvalue weighted by Crippen LogP contribution is 2.24. The zero-order valence-corrected chi connectivity index (χ0v) is 8.69. The molecule has 1 aromatic carbocycles. The van der Waals surface area contributed by atoms with Gasteiger partial charge in [-0.1, -0.05) is 0 Å². The summed E-state index contributed by atoms with van der Waals surface area (Å²) in [5, 5.41) is 3.68. The smallest absolute Gasteiger partial charge is 0.310 e. The van der Waals surface area contributed by atoms with Crippen molar-refractivity contribution in [2.75, 3.05) is 7.11 Å². The number of carbonyl (C=O) groups excluding carboxylic acids is 1. The van der Waals surface area contributed by atoms with E-state index < -0.39 is 0 Å². The monoisotopic (exact) mass is 218 g/mol. The maximum atomic E-state index is 11.2. The van der Waals surface area contributed by atoms with E-state index in [1.807, 2.05) is 0 Å². The van der Waals surface area contributed by atoms with Crippen molar-refractivity contribution in [1.82, 2.24) is 4.98 Å². The van der Waals surface area contributed by atoms with Crippen molar-refractivity contribution in [2.24, 2.45) is 5.18 Å². The number of fused-ring (bicyclic) bond motifs is 1. The van der Waals surface area contributed by atoms with Gasteiger partial charge in [-0.25, -0.2) is 0 Å². The molecule has 0 amide bonds. The summed E-state index contributed by atoms with van der Waals surface area (Å²) in [4.78, 5) is 24.6. The van der Waals surface area contributed by atoms with E-state index in [9.17, 15) is 9.70 Å². The molecule has 82 valence electrons. The van der Waals surface area contributed by atoms with Crippen LogP contribution >= 0.6 is 0 Å². The van der Waals surface area contributed by atoms with Gasteiger partial charge in [0.1, 0.15) is 5.69 Å². The Hall–Kier alpha value is -2.17. The van der Waals surface area contributed by atoms with Crippen LogP contribution in [0.2, 0.25) is 0 Å². The third-order valence-electron chi connectivity index (χ3n) is 2.42. The fourth-order valence-corrected chi connectivity index (χ4v) is 1.60. The lowest BCUT2D eigenvalue weighted by Crippen LogP contribution is -2.03. The summed E-state index contributed by atoms with van der Waals surface area (Å²) in [6.45, 7) is 0. The Labute approximate surface area is 91.4 Å². The SMILES string of the molecule is COC(=O)Cc1c[nH]c2ccc(N=O)cc12. The Balaban J connectivity index is 2.45. The summed E-state index contributed by atoms with van der Waals surface area (Å²) >= 11 is 0. The molecule has 0 unspecified atom stereocenters. The van der Waals surface area contributed by atoms with Crippen LogP contribution in [0.25, 0.3) is 10.9 Å². The van der Waals surface area contributed by atoms with Crippen LogP contribution in [-0.2, 0) is 16.0 Å². The van der Waals surface area contributed by atoms with Crippen molar-refractivity contribution in [1.29, 1.82) is 0 Å². The lowest BCUT2D eigenvalue weighted by Gasteiger charge is -1.98. The van der Waals surface area contributed by atoms with E-state index in [4.69, 9.17) is 0 Å². The maximum Gasteiger partial charge on any atom is 0.310 e. The number of aromatic nitrogens is 1. The second kappa shape index (κ2) is 4.14. The average Bonchev–Trinajstić information content (AvgIpc) is 2.71. The Morgan fingerprint density at radius 3 is 3.00 bits per heavy atom. The molecule has 5 heteroatoms. The van der Waals surface area contributed by atoms with Crippen LogP contribution in [0.5, 0.6) is 0 Å². The molecule has 0 bridgehead atoms. The second-order valence-electron chi connectivity index (χ2n) is 3.39. The van der Waals surface area contributed by atoms with Crippen molar-refractivity contribution in [3.05, 3.63) is 34.9 Å².